The lowest BCUT2D eigenvalue weighted by Crippen LogP contribution is -2.70. The maximum atomic E-state index is 15.2. The van der Waals surface area contributed by atoms with Crippen molar-refractivity contribution < 1.29 is 107 Å². The van der Waals surface area contributed by atoms with Gasteiger partial charge in [0.05, 0.1) is 77.8 Å². The van der Waals surface area contributed by atoms with Crippen LogP contribution in [0.3, 0.4) is 0 Å². The van der Waals surface area contributed by atoms with Crippen LogP contribution < -0.4 is 16.2 Å². The Kier molecular flexibility index (Phi) is 17.7. The van der Waals surface area contributed by atoms with E-state index in [1.54, 1.807) is 66.6 Å². The molecule has 478 valence electrons. The Hall–Kier alpha value is -4.56. The molecule has 23 atom stereocenters. The average Bonchev–Trinajstić information content (AvgIpc) is 0.766. The van der Waals surface area contributed by atoms with Crippen LogP contribution >= 0.6 is 0 Å². The van der Waals surface area contributed by atoms with E-state index >= 15 is 4.79 Å². The van der Waals surface area contributed by atoms with Crippen LogP contribution in [0.15, 0.2) is 12.1 Å². The van der Waals surface area contributed by atoms with Crippen LogP contribution in [-0.2, 0) is 73.7 Å². The van der Waals surface area contributed by atoms with Gasteiger partial charge in [0.2, 0.25) is 12.1 Å². The maximum absolute atomic E-state index is 15.2. The molecule has 2 aromatic carbocycles. The van der Waals surface area contributed by atoms with Crippen LogP contribution in [0.2, 0.25) is 0 Å². The number of likely N-dealkylation sites (N-methyl/N-ethyl adjacent to an activating group) is 2. The maximum Gasteiger partial charge on any atom is 0.306 e. The molecule has 10 rings (SSSR count). The fourth-order valence-electron chi connectivity index (χ4n) is 14.5. The lowest BCUT2D eigenvalue weighted by atomic mass is 9.72. The minimum absolute atomic E-state index is 0.00785. The summed E-state index contributed by atoms with van der Waals surface area (Å²) in [5.74, 6) is -4.78. The van der Waals surface area contributed by atoms with E-state index in [1.165, 1.54) is 20.1 Å². The summed E-state index contributed by atoms with van der Waals surface area (Å²) >= 11 is 0. The van der Waals surface area contributed by atoms with Gasteiger partial charge in [-0.2, -0.15) is 0 Å². The molecule has 8 aliphatic rings. The fraction of sp³-hybridized carbons (Fsp3) is 0.733. The zero-order valence-electron chi connectivity index (χ0n) is 51.0. The summed E-state index contributed by atoms with van der Waals surface area (Å²) in [4.78, 5) is 57.2. The number of phenols is 2. The first-order chi connectivity index (χ1) is 40.2. The van der Waals surface area contributed by atoms with Crippen molar-refractivity contribution in [3.63, 3.8) is 0 Å². The second kappa shape index (κ2) is 23.7. The molecule has 0 radical (unpaired) electrons. The standard InChI is InChI=1S/C60H86N4O22/c1-24-45(68)31(63(9)10)18-36(76-24)80-33-21-57(5,74)20-29-40(33)48(71)42-43(47(29)70)49(72)41-28(46(42)69)14-15-30-52(41)85-56-50(73)44(64(11)12)55(60(30,8)86-56)84-39-23-59(7,62)54(27(4)79-39)83-38-22-58(6,61)53(26(3)78-38)82-37-19-32(75-13)51(25(2)77-37)81-35(67)17-16-34(65)66/h14-15,24-27,31-33,36-39,44-45,50-51,53-56,68,70-71,73-74H,16-23,61-62H2,1-13H3,(H,65,66)/t24-,25-,26-,27-,31-,32-,33-,36-,37-,38+,39+,44-,45+,50-,51+,53-,54-,55-,56+,57?,58+,59+,60+/m0/s1. The molecular weight excluding hydrogens is 1130 g/mol. The number of nitrogens with zero attached hydrogens (tertiary/aromatic N) is 2. The van der Waals surface area contributed by atoms with E-state index in [0.717, 1.165) is 0 Å². The Morgan fingerprint density at radius 2 is 1.27 bits per heavy atom. The summed E-state index contributed by atoms with van der Waals surface area (Å²) in [6.45, 7) is 13.9. The number of carboxylic acids is 1. The predicted molar refractivity (Wildman–Crippen MR) is 299 cm³/mol. The number of carbonyl (C=O) groups is 4. The van der Waals surface area contributed by atoms with Crippen LogP contribution in [0.4, 0.5) is 0 Å². The molecule has 1 unspecified atom stereocenters. The first kappa shape index (κ1) is 64.4. The summed E-state index contributed by atoms with van der Waals surface area (Å²) < 4.78 is 76.2. The quantitative estimate of drug-likeness (QED) is 0.0798. The summed E-state index contributed by atoms with van der Waals surface area (Å²) in [5, 5.41) is 68.2. The third-order valence-electron chi connectivity index (χ3n) is 18.8. The Labute approximate surface area is 499 Å². The van der Waals surface area contributed by atoms with Crippen LogP contribution in [0.25, 0.3) is 0 Å². The van der Waals surface area contributed by atoms with Crippen molar-refractivity contribution >= 4 is 23.5 Å². The van der Waals surface area contributed by atoms with Crippen LogP contribution in [0.1, 0.15) is 155 Å². The molecule has 86 heavy (non-hydrogen) atoms. The number of ketones is 2. The first-order valence-corrected chi connectivity index (χ1v) is 29.6. The molecule has 5 saturated heterocycles. The van der Waals surface area contributed by atoms with E-state index in [9.17, 15) is 39.9 Å². The molecule has 0 spiro atoms. The van der Waals surface area contributed by atoms with Gasteiger partial charge in [-0.25, -0.2) is 0 Å². The van der Waals surface area contributed by atoms with E-state index in [1.807, 2.05) is 25.9 Å². The highest BCUT2D eigenvalue weighted by molar-refractivity contribution is 6.31. The van der Waals surface area contributed by atoms with Crippen molar-refractivity contribution in [3.8, 4) is 17.2 Å². The van der Waals surface area contributed by atoms with Crippen molar-refractivity contribution in [1.82, 2.24) is 9.80 Å². The van der Waals surface area contributed by atoms with Gasteiger partial charge in [0.1, 0.15) is 53.4 Å². The molecule has 2 aliphatic carbocycles. The number of aliphatic hydroxyl groups is 3. The second-order valence-electron chi connectivity index (χ2n) is 26.3. The number of hydrogen-bond acceptors (Lipinski definition) is 25. The Bertz CT molecular complexity index is 2940. The highest BCUT2D eigenvalue weighted by atomic mass is 16.8. The van der Waals surface area contributed by atoms with Gasteiger partial charge in [-0.05, 0) is 89.6 Å². The molecule has 0 amide bonds. The fourth-order valence-corrected chi connectivity index (χ4v) is 14.5. The van der Waals surface area contributed by atoms with Crippen LogP contribution in [-0.4, -0.2) is 227 Å². The molecule has 0 saturated carbocycles. The molecule has 5 fully saturated rings. The van der Waals surface area contributed by atoms with Gasteiger partial charge < -0.3 is 109 Å². The largest absolute Gasteiger partial charge is 0.507 e. The van der Waals surface area contributed by atoms with Gasteiger partial charge in [-0.1, -0.05) is 6.07 Å². The number of aliphatic carboxylic acids is 1. The Morgan fingerprint density at radius 1 is 0.698 bits per heavy atom. The lowest BCUT2D eigenvalue weighted by molar-refractivity contribution is -0.359. The van der Waals surface area contributed by atoms with Gasteiger partial charge in [0.15, 0.2) is 37.0 Å². The van der Waals surface area contributed by atoms with Crippen molar-refractivity contribution in [2.24, 2.45) is 11.5 Å². The van der Waals surface area contributed by atoms with Gasteiger partial charge in [0.25, 0.3) is 0 Å². The molecular formula is C60H86N4O22. The second-order valence-corrected chi connectivity index (χ2v) is 26.3. The Balaban J connectivity index is 0.862. The first-order valence-electron chi connectivity index (χ1n) is 29.6. The molecule has 2 aromatic rings. The number of nitrogens with two attached hydrogens (primary N) is 2. The molecule has 26 nitrogen and oxygen atoms in total. The number of esters is 1. The van der Waals surface area contributed by atoms with Crippen molar-refractivity contribution in [3.05, 3.63) is 51.1 Å². The summed E-state index contributed by atoms with van der Waals surface area (Å²) in [7, 11) is 8.63. The van der Waals surface area contributed by atoms with Gasteiger partial charge >= 0.3 is 11.9 Å². The van der Waals surface area contributed by atoms with Crippen LogP contribution in [0.5, 0.6) is 17.2 Å². The molecule has 6 aliphatic heterocycles. The number of phenolic OH excluding ortho intramolecular Hbond substituents is 2. The molecule has 0 aromatic heterocycles. The number of fused-ring (bicyclic) bond motifs is 8. The number of aromatic hydroxyl groups is 2. The highest BCUT2D eigenvalue weighted by Crippen LogP contribution is 2.56. The number of carboxylic acid groups (broad SMARTS) is 1. The number of hydrogen-bond donors (Lipinski definition) is 8. The van der Waals surface area contributed by atoms with E-state index in [2.05, 4.69) is 0 Å². The minimum Gasteiger partial charge on any atom is -0.507 e. The van der Waals surface area contributed by atoms with Gasteiger partial charge in [-0.15, -0.1) is 0 Å². The highest BCUT2D eigenvalue weighted by Gasteiger charge is 2.62. The SMILES string of the molecule is CO[C@H]1C[C@H](O[C@H]2[C@H](C)O[C@H](O[C@H]3[C@H](C)O[C@H](O[C@H]4[C@@H](N(C)C)[C@H](O)[C@@H]5Oc6c(ccc7c6C(=O)c6c(O)c8c(c(O)c6C7=O)[C@@H](O[C@H]6C[C@H](N(C)C)[C@H](O)[C@H](C)O6)CC(C)(O)C8)[C@@]4(C)O5)C[C@@]3(C)N)C[C@@]2(C)N)O[C@@H](C)[C@H]1OC(=O)CCC(=O)O. The monoisotopic (exact) mass is 1210 g/mol. The third kappa shape index (κ3) is 11.7. The average molecular weight is 1220 g/mol. The Morgan fingerprint density at radius 3 is 1.85 bits per heavy atom. The minimum atomic E-state index is -1.53. The van der Waals surface area contributed by atoms with Crippen molar-refractivity contribution in [2.75, 3.05) is 35.3 Å². The summed E-state index contributed by atoms with van der Waals surface area (Å²) in [6, 6.07) is 1.81. The molecule has 10 N–H and O–H groups in total. The number of aliphatic hydroxyl groups excluding tert-OH is 2. The third-order valence-corrected chi connectivity index (χ3v) is 18.8. The summed E-state index contributed by atoms with van der Waals surface area (Å²) in [5.41, 5.74) is 7.95. The predicted octanol–water partition coefficient (Wildman–Crippen LogP) is 2.10. The van der Waals surface area contributed by atoms with Gasteiger partial charge in [0, 0.05) is 85.0 Å². The topological polar surface area (TPSA) is 359 Å². The zero-order chi connectivity index (χ0) is 62.8. The van der Waals surface area contributed by atoms with E-state index in [4.69, 9.17) is 73.4 Å². The number of benzene rings is 2. The van der Waals surface area contributed by atoms with E-state index in [0.29, 0.717) is 0 Å². The summed E-state index contributed by atoms with van der Waals surface area (Å²) in [6.07, 6.45) is -15.4. The number of rotatable bonds is 15. The molecule has 6 heterocycles. The molecule has 26 heteroatoms. The van der Waals surface area contributed by atoms with Crippen molar-refractivity contribution in [1.29, 1.82) is 0 Å². The number of ether oxygens (including phenoxy) is 12. The number of carbonyl (C=O) groups excluding carboxylic acids is 3. The smallest absolute Gasteiger partial charge is 0.306 e. The van der Waals surface area contributed by atoms with E-state index < -0.39 is 179 Å². The van der Waals surface area contributed by atoms with Crippen LogP contribution in [0, 0.1) is 0 Å². The van der Waals surface area contributed by atoms with Crippen molar-refractivity contribution in [2.45, 2.75) is 246 Å². The molecule has 2 bridgehead atoms. The van der Waals surface area contributed by atoms with E-state index in [-0.39, 0.29) is 91.0 Å². The van der Waals surface area contributed by atoms with Gasteiger partial charge in [-0.3, -0.25) is 19.2 Å². The normalized spacial score (nSPS) is 42.1. The number of methoxy groups -OCH3 is 1. The lowest BCUT2D eigenvalue weighted by Gasteiger charge is -2.56. The zero-order valence-corrected chi connectivity index (χ0v) is 51.0.